The highest BCUT2D eigenvalue weighted by atomic mass is 16.6. The van der Waals surface area contributed by atoms with Crippen molar-refractivity contribution in [3.63, 3.8) is 0 Å². The van der Waals surface area contributed by atoms with Crippen LogP contribution in [0.2, 0.25) is 0 Å². The normalized spacial score (nSPS) is 10.2. The van der Waals surface area contributed by atoms with E-state index in [4.69, 9.17) is 9.47 Å². The molecule has 0 fully saturated rings. The number of non-ortho nitro benzene ring substituents is 1. The summed E-state index contributed by atoms with van der Waals surface area (Å²) in [5, 5.41) is 13.5. The minimum Gasteiger partial charge on any atom is -0.494 e. The van der Waals surface area contributed by atoms with Crippen LogP contribution >= 0.6 is 0 Å². The molecule has 3 aromatic carbocycles. The molecule has 0 aromatic heterocycles. The molecule has 7 heteroatoms. The summed E-state index contributed by atoms with van der Waals surface area (Å²) < 4.78 is 10.8. The second-order valence-corrected chi connectivity index (χ2v) is 5.89. The number of carbonyl (C=O) groups excluding carboxylic acids is 1. The number of rotatable bonds is 7. The Hall–Kier alpha value is -3.87. The first-order valence-corrected chi connectivity index (χ1v) is 8.47. The van der Waals surface area contributed by atoms with E-state index in [1.807, 2.05) is 30.3 Å². The molecule has 0 aliphatic carbocycles. The summed E-state index contributed by atoms with van der Waals surface area (Å²) in [7, 11) is 1.38. The summed E-state index contributed by atoms with van der Waals surface area (Å²) in [6, 6.07) is 20.5. The van der Waals surface area contributed by atoms with Gasteiger partial charge in [-0.15, -0.1) is 0 Å². The number of nitro benzene ring substituents is 1. The quantitative estimate of drug-likeness (QED) is 0.485. The van der Waals surface area contributed by atoms with Gasteiger partial charge in [-0.3, -0.25) is 14.9 Å². The van der Waals surface area contributed by atoms with Crippen molar-refractivity contribution < 1.29 is 19.2 Å². The fourth-order valence-corrected chi connectivity index (χ4v) is 2.53. The highest BCUT2D eigenvalue weighted by Crippen LogP contribution is 2.29. The molecule has 142 valence electrons. The zero-order chi connectivity index (χ0) is 19.9. The highest BCUT2D eigenvalue weighted by molar-refractivity contribution is 6.05. The molecule has 7 nitrogen and oxygen atoms in total. The third kappa shape index (κ3) is 4.64. The number of methoxy groups -OCH3 is 1. The Labute approximate surface area is 161 Å². The lowest BCUT2D eigenvalue weighted by atomic mass is 10.2. The van der Waals surface area contributed by atoms with Crippen molar-refractivity contribution in [2.75, 3.05) is 12.4 Å². The molecule has 3 aromatic rings. The maximum absolute atomic E-state index is 12.5. The third-order valence-electron chi connectivity index (χ3n) is 4.01. The molecule has 0 saturated heterocycles. The molecule has 28 heavy (non-hydrogen) atoms. The van der Waals surface area contributed by atoms with Crippen LogP contribution < -0.4 is 14.8 Å². The smallest absolute Gasteiger partial charge is 0.273 e. The molecule has 0 atom stereocenters. The second kappa shape index (κ2) is 8.68. The van der Waals surface area contributed by atoms with Crippen LogP contribution in [0, 0.1) is 10.1 Å². The Morgan fingerprint density at radius 2 is 1.75 bits per heavy atom. The van der Waals surface area contributed by atoms with Crippen LogP contribution in [0.15, 0.2) is 72.8 Å². The second-order valence-electron chi connectivity index (χ2n) is 5.89. The molecule has 0 unspecified atom stereocenters. The van der Waals surface area contributed by atoms with Gasteiger partial charge in [0.2, 0.25) is 0 Å². The number of carbonyl (C=O) groups is 1. The minimum atomic E-state index is -0.526. The molecule has 0 spiro atoms. The first-order chi connectivity index (χ1) is 13.6. The van der Waals surface area contributed by atoms with Crippen LogP contribution in [0.4, 0.5) is 11.4 Å². The molecular weight excluding hydrogens is 360 g/mol. The molecule has 0 aliphatic heterocycles. The van der Waals surface area contributed by atoms with Crippen LogP contribution in [-0.4, -0.2) is 17.9 Å². The van der Waals surface area contributed by atoms with Crippen LogP contribution in [0.25, 0.3) is 0 Å². The average Bonchev–Trinajstić information content (AvgIpc) is 2.73. The number of ether oxygens (including phenoxy) is 2. The largest absolute Gasteiger partial charge is 0.494 e. The van der Waals surface area contributed by atoms with Crippen molar-refractivity contribution in [2.24, 2.45) is 0 Å². The van der Waals surface area contributed by atoms with Crippen LogP contribution in [0.3, 0.4) is 0 Å². The molecule has 1 amide bonds. The van der Waals surface area contributed by atoms with E-state index in [0.717, 1.165) is 5.56 Å². The molecule has 3 rings (SSSR count). The fourth-order valence-electron chi connectivity index (χ4n) is 2.53. The van der Waals surface area contributed by atoms with E-state index in [1.165, 1.54) is 25.3 Å². The van der Waals surface area contributed by atoms with Gasteiger partial charge in [-0.1, -0.05) is 30.3 Å². The Balaban J connectivity index is 1.65. The number of amides is 1. The number of nitro groups is 1. The number of anilines is 1. The van der Waals surface area contributed by atoms with E-state index in [1.54, 1.807) is 24.3 Å². The maximum atomic E-state index is 12.5. The fraction of sp³-hybridized carbons (Fsp3) is 0.0952. The van der Waals surface area contributed by atoms with E-state index in [2.05, 4.69) is 5.32 Å². The summed E-state index contributed by atoms with van der Waals surface area (Å²) in [5.74, 6) is 0.500. The molecule has 1 N–H and O–H groups in total. The lowest BCUT2D eigenvalue weighted by molar-refractivity contribution is -0.384. The Morgan fingerprint density at radius 1 is 1.04 bits per heavy atom. The van der Waals surface area contributed by atoms with Gasteiger partial charge >= 0.3 is 0 Å². The lowest BCUT2D eigenvalue weighted by Gasteiger charge is -2.11. The predicted molar refractivity (Wildman–Crippen MR) is 105 cm³/mol. The molecular formula is C21H18N2O5. The Bertz CT molecular complexity index is 972. The summed E-state index contributed by atoms with van der Waals surface area (Å²) >= 11 is 0. The van der Waals surface area contributed by atoms with Crippen molar-refractivity contribution in [1.82, 2.24) is 0 Å². The zero-order valence-electron chi connectivity index (χ0n) is 15.1. The molecule has 0 aliphatic rings. The van der Waals surface area contributed by atoms with Crippen LogP contribution in [0.1, 0.15) is 15.9 Å². The maximum Gasteiger partial charge on any atom is 0.273 e. The van der Waals surface area contributed by atoms with Crippen molar-refractivity contribution in [1.29, 1.82) is 0 Å². The van der Waals surface area contributed by atoms with Gasteiger partial charge in [-0.2, -0.15) is 0 Å². The summed E-state index contributed by atoms with van der Waals surface area (Å²) in [6.07, 6.45) is 0. The van der Waals surface area contributed by atoms with Gasteiger partial charge in [0.1, 0.15) is 18.1 Å². The van der Waals surface area contributed by atoms with Gasteiger partial charge in [0.25, 0.3) is 11.6 Å². The third-order valence-corrected chi connectivity index (χ3v) is 4.01. The lowest BCUT2D eigenvalue weighted by Crippen LogP contribution is -2.12. The van der Waals surface area contributed by atoms with Crippen molar-refractivity contribution in [3.8, 4) is 11.5 Å². The van der Waals surface area contributed by atoms with Gasteiger partial charge in [0.15, 0.2) is 0 Å². The summed E-state index contributed by atoms with van der Waals surface area (Å²) in [5.41, 5.74) is 1.71. The van der Waals surface area contributed by atoms with Gasteiger partial charge in [0, 0.05) is 11.6 Å². The number of hydrogen-bond acceptors (Lipinski definition) is 5. The van der Waals surface area contributed by atoms with Crippen molar-refractivity contribution >= 4 is 17.3 Å². The molecule has 0 heterocycles. The number of benzene rings is 3. The number of nitrogens with one attached hydrogen (secondary N) is 1. The highest BCUT2D eigenvalue weighted by Gasteiger charge is 2.14. The van der Waals surface area contributed by atoms with E-state index >= 15 is 0 Å². The van der Waals surface area contributed by atoms with Gasteiger partial charge in [-0.05, 0) is 35.9 Å². The number of hydrogen-bond donors (Lipinski definition) is 1. The van der Waals surface area contributed by atoms with Gasteiger partial charge < -0.3 is 14.8 Å². The van der Waals surface area contributed by atoms with Gasteiger partial charge in [-0.25, -0.2) is 0 Å². The molecule has 0 bridgehead atoms. The molecule has 0 radical (unpaired) electrons. The monoisotopic (exact) mass is 378 g/mol. The van der Waals surface area contributed by atoms with E-state index in [0.29, 0.717) is 23.6 Å². The Morgan fingerprint density at radius 3 is 2.39 bits per heavy atom. The van der Waals surface area contributed by atoms with E-state index in [-0.39, 0.29) is 17.3 Å². The Kier molecular flexibility index (Phi) is 5.86. The summed E-state index contributed by atoms with van der Waals surface area (Å²) in [6.45, 7) is 0.437. The summed E-state index contributed by atoms with van der Waals surface area (Å²) in [4.78, 5) is 22.8. The first-order valence-electron chi connectivity index (χ1n) is 8.47. The predicted octanol–water partition coefficient (Wildman–Crippen LogP) is 4.43. The van der Waals surface area contributed by atoms with Crippen LogP contribution in [-0.2, 0) is 6.61 Å². The molecule has 0 saturated carbocycles. The average molecular weight is 378 g/mol. The van der Waals surface area contributed by atoms with Gasteiger partial charge in [0.05, 0.1) is 23.8 Å². The van der Waals surface area contributed by atoms with Crippen molar-refractivity contribution in [2.45, 2.75) is 6.61 Å². The topological polar surface area (TPSA) is 90.7 Å². The minimum absolute atomic E-state index is 0.116. The van der Waals surface area contributed by atoms with Crippen molar-refractivity contribution in [3.05, 3.63) is 94.0 Å². The van der Waals surface area contributed by atoms with E-state index in [9.17, 15) is 14.9 Å². The standard InChI is InChI=1S/C21H18N2O5/c1-27-20-13-17(23(25)26)9-12-19(20)22-21(24)16-7-10-18(11-8-16)28-14-15-5-3-2-4-6-15/h2-13H,14H2,1H3,(H,22,24). The SMILES string of the molecule is COc1cc([N+](=O)[O-])ccc1NC(=O)c1ccc(OCc2ccccc2)cc1. The zero-order valence-corrected chi connectivity index (χ0v) is 15.1. The van der Waals surface area contributed by atoms with Crippen LogP contribution in [0.5, 0.6) is 11.5 Å². The first kappa shape index (κ1) is 18.9. The number of nitrogens with zero attached hydrogens (tertiary/aromatic N) is 1. The van der Waals surface area contributed by atoms with E-state index < -0.39 is 4.92 Å².